The van der Waals surface area contributed by atoms with E-state index in [9.17, 15) is 0 Å². The van der Waals surface area contributed by atoms with Gasteiger partial charge in [-0.25, -0.2) is 0 Å². The third-order valence-electron chi connectivity index (χ3n) is 2.79. The van der Waals surface area contributed by atoms with Crippen molar-refractivity contribution in [1.29, 1.82) is 0 Å². The molecule has 0 saturated carbocycles. The first-order chi connectivity index (χ1) is 5.81. The molecule has 0 bridgehead atoms. The van der Waals surface area contributed by atoms with Gasteiger partial charge in [0.25, 0.3) is 0 Å². The van der Waals surface area contributed by atoms with Crippen LogP contribution < -0.4 is 0 Å². The monoisotopic (exact) mass is 171 g/mol. The van der Waals surface area contributed by atoms with Crippen LogP contribution in [0.1, 0.15) is 19.3 Å². The van der Waals surface area contributed by atoms with Gasteiger partial charge in [-0.1, -0.05) is 0 Å². The van der Waals surface area contributed by atoms with Gasteiger partial charge in [-0.3, -0.25) is 0 Å². The van der Waals surface area contributed by atoms with Gasteiger partial charge in [0, 0.05) is 19.4 Å². The summed E-state index contributed by atoms with van der Waals surface area (Å²) >= 11 is 0. The second kappa shape index (κ2) is 3.32. The fourth-order valence-corrected chi connectivity index (χ4v) is 2.00. The standard InChI is InChI=1S/C9H17NO2/c1-10-5-2-3-9(4-6-10)11-7-8-12-9/h2-8H2,1H3. The average molecular weight is 171 g/mol. The topological polar surface area (TPSA) is 21.7 Å². The number of hydrogen-bond donors (Lipinski definition) is 0. The summed E-state index contributed by atoms with van der Waals surface area (Å²) in [7, 11) is 2.16. The van der Waals surface area contributed by atoms with Crippen molar-refractivity contribution in [2.45, 2.75) is 25.0 Å². The van der Waals surface area contributed by atoms with Crippen LogP contribution in [0.15, 0.2) is 0 Å². The first-order valence-corrected chi connectivity index (χ1v) is 4.77. The summed E-state index contributed by atoms with van der Waals surface area (Å²) in [5.41, 5.74) is 0. The van der Waals surface area contributed by atoms with Gasteiger partial charge in [0.2, 0.25) is 0 Å². The predicted molar refractivity (Wildman–Crippen MR) is 46.0 cm³/mol. The van der Waals surface area contributed by atoms with Gasteiger partial charge in [0.05, 0.1) is 13.2 Å². The lowest BCUT2D eigenvalue weighted by atomic mass is 10.1. The Kier molecular flexibility index (Phi) is 2.35. The largest absolute Gasteiger partial charge is 0.347 e. The smallest absolute Gasteiger partial charge is 0.169 e. The van der Waals surface area contributed by atoms with E-state index in [-0.39, 0.29) is 5.79 Å². The maximum Gasteiger partial charge on any atom is 0.169 e. The van der Waals surface area contributed by atoms with E-state index in [0.717, 1.165) is 32.6 Å². The number of likely N-dealkylation sites (tertiary alicyclic amines) is 1. The first kappa shape index (κ1) is 8.48. The zero-order valence-electron chi connectivity index (χ0n) is 7.71. The van der Waals surface area contributed by atoms with E-state index >= 15 is 0 Å². The molecule has 2 aliphatic rings. The van der Waals surface area contributed by atoms with E-state index in [1.165, 1.54) is 13.0 Å². The summed E-state index contributed by atoms with van der Waals surface area (Å²) in [4.78, 5) is 2.35. The van der Waals surface area contributed by atoms with Crippen LogP contribution in [0.5, 0.6) is 0 Å². The van der Waals surface area contributed by atoms with Crippen molar-refractivity contribution < 1.29 is 9.47 Å². The Labute approximate surface area is 73.6 Å². The molecule has 0 aromatic rings. The first-order valence-electron chi connectivity index (χ1n) is 4.77. The third kappa shape index (κ3) is 1.63. The number of ether oxygens (including phenoxy) is 2. The van der Waals surface area contributed by atoms with E-state index in [4.69, 9.17) is 9.47 Å². The molecule has 2 rings (SSSR count). The van der Waals surface area contributed by atoms with Crippen LogP contribution in [0.4, 0.5) is 0 Å². The Balaban J connectivity index is 1.97. The molecule has 2 aliphatic heterocycles. The number of rotatable bonds is 0. The zero-order chi connectivity index (χ0) is 8.44. The van der Waals surface area contributed by atoms with Crippen LogP contribution in [-0.2, 0) is 9.47 Å². The van der Waals surface area contributed by atoms with Crippen LogP contribution in [0.2, 0.25) is 0 Å². The molecule has 0 aromatic heterocycles. The zero-order valence-corrected chi connectivity index (χ0v) is 7.71. The fourth-order valence-electron chi connectivity index (χ4n) is 2.00. The molecule has 3 nitrogen and oxygen atoms in total. The highest BCUT2D eigenvalue weighted by Gasteiger charge is 2.37. The minimum atomic E-state index is -0.204. The van der Waals surface area contributed by atoms with E-state index in [1.807, 2.05) is 0 Å². The quantitative estimate of drug-likeness (QED) is 0.539. The van der Waals surface area contributed by atoms with Crippen LogP contribution in [0, 0.1) is 0 Å². The van der Waals surface area contributed by atoms with Crippen LogP contribution in [-0.4, -0.2) is 44.0 Å². The Bertz CT molecular complexity index is 155. The minimum Gasteiger partial charge on any atom is -0.347 e. The lowest BCUT2D eigenvalue weighted by Gasteiger charge is -2.25. The molecule has 0 aromatic carbocycles. The van der Waals surface area contributed by atoms with Gasteiger partial charge < -0.3 is 14.4 Å². The second-order valence-electron chi connectivity index (χ2n) is 3.76. The molecule has 0 amide bonds. The molecule has 2 fully saturated rings. The SMILES string of the molecule is CN1CCCC2(CC1)OCCO2. The van der Waals surface area contributed by atoms with E-state index in [0.29, 0.717) is 0 Å². The number of hydrogen-bond acceptors (Lipinski definition) is 3. The predicted octanol–water partition coefficient (Wildman–Crippen LogP) is 0.845. The highest BCUT2D eigenvalue weighted by molar-refractivity contribution is 4.79. The summed E-state index contributed by atoms with van der Waals surface area (Å²) in [6.45, 7) is 3.84. The van der Waals surface area contributed by atoms with Crippen molar-refractivity contribution in [2.24, 2.45) is 0 Å². The lowest BCUT2D eigenvalue weighted by molar-refractivity contribution is -0.163. The summed E-state index contributed by atoms with van der Waals surface area (Å²) < 4.78 is 11.3. The molecule has 70 valence electrons. The molecule has 3 heteroatoms. The maximum absolute atomic E-state index is 5.66. The highest BCUT2D eigenvalue weighted by atomic mass is 16.7. The van der Waals surface area contributed by atoms with Gasteiger partial charge in [0.15, 0.2) is 5.79 Å². The Morgan fingerprint density at radius 2 is 1.83 bits per heavy atom. The van der Waals surface area contributed by atoms with E-state index < -0.39 is 0 Å². The molecule has 2 heterocycles. The third-order valence-corrected chi connectivity index (χ3v) is 2.79. The number of nitrogens with zero attached hydrogens (tertiary/aromatic N) is 1. The van der Waals surface area contributed by atoms with Gasteiger partial charge in [0.1, 0.15) is 0 Å². The van der Waals surface area contributed by atoms with Gasteiger partial charge >= 0.3 is 0 Å². The molecule has 0 N–H and O–H groups in total. The van der Waals surface area contributed by atoms with Crippen molar-refractivity contribution in [3.8, 4) is 0 Å². The van der Waals surface area contributed by atoms with Gasteiger partial charge in [-0.15, -0.1) is 0 Å². The summed E-state index contributed by atoms with van der Waals surface area (Å²) in [5, 5.41) is 0. The van der Waals surface area contributed by atoms with Gasteiger partial charge in [-0.05, 0) is 20.0 Å². The molecular weight excluding hydrogens is 154 g/mol. The minimum absolute atomic E-state index is 0.204. The Morgan fingerprint density at radius 3 is 2.58 bits per heavy atom. The van der Waals surface area contributed by atoms with Crippen molar-refractivity contribution in [1.82, 2.24) is 4.90 Å². The van der Waals surface area contributed by atoms with Crippen molar-refractivity contribution >= 4 is 0 Å². The van der Waals surface area contributed by atoms with Crippen LogP contribution in [0.25, 0.3) is 0 Å². The highest BCUT2D eigenvalue weighted by Crippen LogP contribution is 2.30. The molecule has 0 radical (unpaired) electrons. The normalized spacial score (nSPS) is 30.8. The Hall–Kier alpha value is -0.120. The lowest BCUT2D eigenvalue weighted by Crippen LogP contribution is -2.31. The fraction of sp³-hybridized carbons (Fsp3) is 1.00. The van der Waals surface area contributed by atoms with E-state index in [1.54, 1.807) is 0 Å². The summed E-state index contributed by atoms with van der Waals surface area (Å²) in [6.07, 6.45) is 3.29. The van der Waals surface area contributed by atoms with Crippen LogP contribution >= 0.6 is 0 Å². The maximum atomic E-state index is 5.66. The van der Waals surface area contributed by atoms with Crippen molar-refractivity contribution in [2.75, 3.05) is 33.4 Å². The van der Waals surface area contributed by atoms with Crippen molar-refractivity contribution in [3.05, 3.63) is 0 Å². The second-order valence-corrected chi connectivity index (χ2v) is 3.76. The molecule has 1 spiro atoms. The summed E-state index contributed by atoms with van der Waals surface area (Å²) in [6, 6.07) is 0. The molecule has 0 atom stereocenters. The van der Waals surface area contributed by atoms with E-state index in [2.05, 4.69) is 11.9 Å². The molecule has 2 saturated heterocycles. The molecule has 0 unspecified atom stereocenters. The summed E-state index contributed by atoms with van der Waals surface area (Å²) in [5.74, 6) is -0.204. The molecule has 12 heavy (non-hydrogen) atoms. The molecule has 0 aliphatic carbocycles. The van der Waals surface area contributed by atoms with Crippen LogP contribution in [0.3, 0.4) is 0 Å². The van der Waals surface area contributed by atoms with Gasteiger partial charge in [-0.2, -0.15) is 0 Å². The molecular formula is C9H17NO2. The Morgan fingerprint density at radius 1 is 1.08 bits per heavy atom. The van der Waals surface area contributed by atoms with Crippen molar-refractivity contribution in [3.63, 3.8) is 0 Å². The average Bonchev–Trinajstić information content (AvgIpc) is 2.42.